The van der Waals surface area contributed by atoms with E-state index in [-0.39, 0.29) is 12.2 Å². The number of carbonyl (C=O) groups excluding carboxylic acids is 1. The average Bonchev–Trinajstić information content (AvgIpc) is 2.51. The van der Waals surface area contributed by atoms with E-state index in [1.54, 1.807) is 24.3 Å². The Morgan fingerprint density at radius 2 is 2.10 bits per heavy atom. The van der Waals surface area contributed by atoms with E-state index in [0.717, 1.165) is 12.8 Å². The number of hydrogen-bond acceptors (Lipinski definition) is 5. The minimum Gasteiger partial charge on any atom is -0.478 e. The van der Waals surface area contributed by atoms with Gasteiger partial charge in [-0.15, -0.1) is 0 Å². The molecule has 0 amide bonds. The zero-order valence-corrected chi connectivity index (χ0v) is 11.8. The molecule has 21 heavy (non-hydrogen) atoms. The van der Waals surface area contributed by atoms with Gasteiger partial charge in [-0.3, -0.25) is 0 Å². The Morgan fingerprint density at radius 1 is 1.33 bits per heavy atom. The maximum Gasteiger partial charge on any atom is 0.348 e. The lowest BCUT2D eigenvalue weighted by atomic mass is 10.1. The Bertz CT molecular complexity index is 594. The number of nitrogens with zero attached hydrogens (tertiary/aromatic N) is 2. The quantitative estimate of drug-likeness (QED) is 0.333. The van der Waals surface area contributed by atoms with E-state index >= 15 is 0 Å². The summed E-state index contributed by atoms with van der Waals surface area (Å²) < 4.78 is 10.2. The van der Waals surface area contributed by atoms with E-state index in [1.165, 1.54) is 6.08 Å². The van der Waals surface area contributed by atoms with Crippen LogP contribution in [0.2, 0.25) is 0 Å². The van der Waals surface area contributed by atoms with Crippen LogP contribution in [0, 0.1) is 22.7 Å². The molecule has 0 aliphatic carbocycles. The Hall–Kier alpha value is -2.79. The fourth-order valence-corrected chi connectivity index (χ4v) is 1.52. The van der Waals surface area contributed by atoms with Crippen LogP contribution in [0.3, 0.4) is 0 Å². The molecule has 0 radical (unpaired) electrons. The second kappa shape index (κ2) is 9.17. The van der Waals surface area contributed by atoms with Gasteiger partial charge in [-0.25, -0.2) is 4.79 Å². The molecular weight excluding hydrogens is 268 g/mol. The zero-order valence-electron chi connectivity index (χ0n) is 11.8. The van der Waals surface area contributed by atoms with Gasteiger partial charge in [-0.05, 0) is 18.6 Å². The maximum absolute atomic E-state index is 11.8. The number of esters is 1. The fraction of sp³-hybridized carbons (Fsp3) is 0.312. The lowest BCUT2D eigenvalue weighted by Crippen LogP contribution is -2.08. The second-order valence-corrected chi connectivity index (χ2v) is 4.14. The first kappa shape index (κ1) is 16.3. The fourth-order valence-electron chi connectivity index (χ4n) is 1.52. The molecule has 0 N–H and O–H groups in total. The van der Waals surface area contributed by atoms with Crippen molar-refractivity contribution in [2.45, 2.75) is 19.8 Å². The van der Waals surface area contributed by atoms with Crippen molar-refractivity contribution in [2.75, 3.05) is 13.2 Å². The molecule has 0 unspecified atom stereocenters. The molecule has 0 heterocycles. The van der Waals surface area contributed by atoms with Crippen LogP contribution in [-0.2, 0) is 9.53 Å². The number of rotatable bonds is 7. The number of unbranched alkanes of at least 4 members (excludes halogenated alkanes) is 1. The minimum atomic E-state index is -0.652. The third-order valence-corrected chi connectivity index (χ3v) is 2.58. The van der Waals surface area contributed by atoms with Crippen LogP contribution in [0.1, 0.15) is 25.3 Å². The summed E-state index contributed by atoms with van der Waals surface area (Å²) in [4.78, 5) is 11.8. The first-order chi connectivity index (χ1) is 10.2. The van der Waals surface area contributed by atoms with Crippen LogP contribution in [0.25, 0.3) is 6.08 Å². The SMILES string of the molecule is CCCCOC(=O)/C(C#N)=C/c1ccccc1OCC#N. The normalized spacial score (nSPS) is 10.3. The van der Waals surface area contributed by atoms with Crippen LogP contribution >= 0.6 is 0 Å². The molecule has 0 saturated heterocycles. The Balaban J connectivity index is 2.90. The Morgan fingerprint density at radius 3 is 2.76 bits per heavy atom. The van der Waals surface area contributed by atoms with E-state index in [9.17, 15) is 4.79 Å². The molecule has 0 aliphatic rings. The number of para-hydroxylation sites is 1. The third kappa shape index (κ3) is 5.38. The Kier molecular flexibility index (Phi) is 7.10. The van der Waals surface area contributed by atoms with Gasteiger partial charge >= 0.3 is 5.97 Å². The van der Waals surface area contributed by atoms with Crippen LogP contribution in [0.15, 0.2) is 29.8 Å². The second-order valence-electron chi connectivity index (χ2n) is 4.14. The summed E-state index contributed by atoms with van der Waals surface area (Å²) in [6.45, 7) is 2.17. The first-order valence-corrected chi connectivity index (χ1v) is 6.60. The highest BCUT2D eigenvalue weighted by Crippen LogP contribution is 2.21. The maximum atomic E-state index is 11.8. The van der Waals surface area contributed by atoms with Crippen LogP contribution in [-0.4, -0.2) is 19.2 Å². The molecule has 0 saturated carbocycles. The van der Waals surface area contributed by atoms with Gasteiger partial charge in [0.1, 0.15) is 23.5 Å². The number of benzene rings is 1. The van der Waals surface area contributed by atoms with Crippen LogP contribution < -0.4 is 4.74 Å². The predicted molar refractivity (Wildman–Crippen MR) is 77.0 cm³/mol. The van der Waals surface area contributed by atoms with Crippen molar-refractivity contribution in [3.8, 4) is 17.9 Å². The van der Waals surface area contributed by atoms with Gasteiger partial charge in [0.05, 0.1) is 6.61 Å². The van der Waals surface area contributed by atoms with Crippen molar-refractivity contribution in [3.05, 3.63) is 35.4 Å². The number of hydrogen-bond donors (Lipinski definition) is 0. The molecule has 0 atom stereocenters. The molecule has 1 aromatic carbocycles. The molecule has 0 fully saturated rings. The molecule has 5 nitrogen and oxygen atoms in total. The van der Waals surface area contributed by atoms with Crippen molar-refractivity contribution < 1.29 is 14.3 Å². The summed E-state index contributed by atoms with van der Waals surface area (Å²) in [5.41, 5.74) is 0.454. The Labute approximate surface area is 124 Å². The standard InChI is InChI=1S/C16H16N2O3/c1-2-3-9-21-16(19)14(12-18)11-13-6-4-5-7-15(13)20-10-8-17/h4-7,11H,2-3,9-10H2,1H3/b14-11+. The van der Waals surface area contributed by atoms with Gasteiger partial charge in [0.15, 0.2) is 6.61 Å². The van der Waals surface area contributed by atoms with Crippen LogP contribution in [0.4, 0.5) is 0 Å². The molecule has 0 aliphatic heterocycles. The van der Waals surface area contributed by atoms with Crippen molar-refractivity contribution in [1.29, 1.82) is 10.5 Å². The summed E-state index contributed by atoms with van der Waals surface area (Å²) in [6, 6.07) is 10.6. The molecular formula is C16H16N2O3. The van der Waals surface area contributed by atoms with E-state index in [0.29, 0.717) is 17.9 Å². The van der Waals surface area contributed by atoms with Crippen molar-refractivity contribution in [2.24, 2.45) is 0 Å². The molecule has 108 valence electrons. The van der Waals surface area contributed by atoms with Crippen molar-refractivity contribution in [3.63, 3.8) is 0 Å². The number of ether oxygens (including phenoxy) is 2. The molecule has 0 spiro atoms. The molecule has 1 aromatic rings. The van der Waals surface area contributed by atoms with Gasteiger partial charge in [0, 0.05) is 5.56 Å². The summed E-state index contributed by atoms with van der Waals surface area (Å²) in [6.07, 6.45) is 3.07. The van der Waals surface area contributed by atoms with Crippen molar-refractivity contribution >= 4 is 12.0 Å². The number of carbonyl (C=O) groups is 1. The van der Waals surface area contributed by atoms with Gasteiger partial charge < -0.3 is 9.47 Å². The molecule has 0 bridgehead atoms. The van der Waals surface area contributed by atoms with Gasteiger partial charge in [-0.2, -0.15) is 10.5 Å². The lowest BCUT2D eigenvalue weighted by molar-refractivity contribution is -0.138. The first-order valence-electron chi connectivity index (χ1n) is 6.60. The lowest BCUT2D eigenvalue weighted by Gasteiger charge is -2.06. The van der Waals surface area contributed by atoms with Gasteiger partial charge in [0.2, 0.25) is 0 Å². The van der Waals surface area contributed by atoms with Crippen LogP contribution in [0.5, 0.6) is 5.75 Å². The summed E-state index contributed by atoms with van der Waals surface area (Å²) in [5, 5.41) is 17.6. The zero-order chi connectivity index (χ0) is 15.5. The minimum absolute atomic E-state index is 0.0980. The highest BCUT2D eigenvalue weighted by molar-refractivity contribution is 5.98. The van der Waals surface area contributed by atoms with E-state index in [1.807, 2.05) is 19.1 Å². The average molecular weight is 284 g/mol. The van der Waals surface area contributed by atoms with Gasteiger partial charge in [-0.1, -0.05) is 31.5 Å². The van der Waals surface area contributed by atoms with E-state index in [2.05, 4.69) is 0 Å². The van der Waals surface area contributed by atoms with Gasteiger partial charge in [0.25, 0.3) is 0 Å². The van der Waals surface area contributed by atoms with E-state index < -0.39 is 5.97 Å². The third-order valence-electron chi connectivity index (χ3n) is 2.58. The monoisotopic (exact) mass is 284 g/mol. The van der Waals surface area contributed by atoms with Crippen molar-refractivity contribution in [1.82, 2.24) is 0 Å². The van der Waals surface area contributed by atoms with E-state index in [4.69, 9.17) is 20.0 Å². The largest absolute Gasteiger partial charge is 0.478 e. The smallest absolute Gasteiger partial charge is 0.348 e. The highest BCUT2D eigenvalue weighted by Gasteiger charge is 2.12. The topological polar surface area (TPSA) is 83.1 Å². The molecule has 1 rings (SSSR count). The molecule has 0 aromatic heterocycles. The number of nitriles is 2. The predicted octanol–water partition coefficient (Wildman–Crippen LogP) is 2.84. The summed E-state index contributed by atoms with van der Waals surface area (Å²) >= 11 is 0. The summed E-state index contributed by atoms with van der Waals surface area (Å²) in [7, 11) is 0. The summed E-state index contributed by atoms with van der Waals surface area (Å²) in [5.74, 6) is -0.214. The highest BCUT2D eigenvalue weighted by atomic mass is 16.5. The molecule has 5 heteroatoms.